The first kappa shape index (κ1) is 10.7. The van der Waals surface area contributed by atoms with Crippen LogP contribution in [0.1, 0.15) is 12.6 Å². The fraction of sp³-hybridized carbons (Fsp3) is 0.500. The van der Waals surface area contributed by atoms with E-state index >= 15 is 0 Å². The van der Waals surface area contributed by atoms with Gasteiger partial charge in [-0.2, -0.15) is 4.98 Å². The molecule has 0 radical (unpaired) electrons. The van der Waals surface area contributed by atoms with E-state index in [-0.39, 0.29) is 12.6 Å². The van der Waals surface area contributed by atoms with E-state index in [0.29, 0.717) is 11.8 Å². The lowest BCUT2D eigenvalue weighted by atomic mass is 10.3. The largest absolute Gasteiger partial charge is 0.394 e. The van der Waals surface area contributed by atoms with Crippen molar-refractivity contribution in [3.8, 4) is 0 Å². The van der Waals surface area contributed by atoms with Gasteiger partial charge in [0.05, 0.1) is 6.61 Å². The molecule has 1 aromatic rings. The van der Waals surface area contributed by atoms with Crippen molar-refractivity contribution in [2.75, 3.05) is 17.3 Å². The lowest BCUT2D eigenvalue weighted by Gasteiger charge is -2.12. The summed E-state index contributed by atoms with van der Waals surface area (Å²) in [5.74, 6) is 6.20. The van der Waals surface area contributed by atoms with Gasteiger partial charge in [-0.15, -0.1) is 0 Å². The minimum atomic E-state index is -0.0464. The first-order valence-corrected chi connectivity index (χ1v) is 4.35. The average molecular weight is 197 g/mol. The third kappa shape index (κ3) is 2.82. The van der Waals surface area contributed by atoms with E-state index in [1.165, 1.54) is 0 Å². The molecule has 0 amide bonds. The molecule has 0 bridgehead atoms. The number of hydrogen-bond acceptors (Lipinski definition) is 6. The molecule has 0 aliphatic rings. The van der Waals surface area contributed by atoms with Crippen molar-refractivity contribution in [2.45, 2.75) is 19.9 Å². The maximum Gasteiger partial charge on any atom is 0.239 e. The highest BCUT2D eigenvalue weighted by molar-refractivity contribution is 5.42. The summed E-state index contributed by atoms with van der Waals surface area (Å²) in [5, 5.41) is 11.9. The molecule has 0 fully saturated rings. The first-order chi connectivity index (χ1) is 6.65. The summed E-state index contributed by atoms with van der Waals surface area (Å²) in [7, 11) is 0. The molecule has 0 aliphatic heterocycles. The molecule has 1 heterocycles. The zero-order valence-corrected chi connectivity index (χ0v) is 8.28. The van der Waals surface area contributed by atoms with Gasteiger partial charge in [-0.1, -0.05) is 0 Å². The van der Waals surface area contributed by atoms with E-state index in [1.54, 1.807) is 6.07 Å². The smallest absolute Gasteiger partial charge is 0.239 e. The van der Waals surface area contributed by atoms with Crippen molar-refractivity contribution in [1.29, 1.82) is 0 Å². The van der Waals surface area contributed by atoms with Crippen LogP contribution in [0.2, 0.25) is 0 Å². The number of hydrazine groups is 1. The third-order valence-electron chi connectivity index (χ3n) is 1.65. The molecular formula is C8H15N5O. The van der Waals surface area contributed by atoms with E-state index < -0.39 is 0 Å². The Bertz CT molecular complexity index is 304. The van der Waals surface area contributed by atoms with Crippen LogP contribution in [-0.4, -0.2) is 27.7 Å². The minimum absolute atomic E-state index is 0.0464. The number of hydrogen-bond donors (Lipinski definition) is 4. The number of aliphatic hydroxyl groups excluding tert-OH is 1. The molecule has 6 heteroatoms. The molecule has 6 nitrogen and oxygen atoms in total. The Balaban J connectivity index is 2.81. The Morgan fingerprint density at radius 1 is 1.57 bits per heavy atom. The second-order valence-corrected chi connectivity index (χ2v) is 3.09. The molecule has 0 aromatic carbocycles. The topological polar surface area (TPSA) is 96.1 Å². The van der Waals surface area contributed by atoms with E-state index in [2.05, 4.69) is 20.7 Å². The van der Waals surface area contributed by atoms with Gasteiger partial charge in [-0.3, -0.25) is 5.43 Å². The summed E-state index contributed by atoms with van der Waals surface area (Å²) < 4.78 is 0. The van der Waals surface area contributed by atoms with Crippen molar-refractivity contribution >= 4 is 11.8 Å². The lowest BCUT2D eigenvalue weighted by Crippen LogP contribution is -2.21. The molecule has 5 N–H and O–H groups in total. The summed E-state index contributed by atoms with van der Waals surface area (Å²) in [6.45, 7) is 3.75. The summed E-state index contributed by atoms with van der Waals surface area (Å²) in [6, 6.07) is 1.74. The summed E-state index contributed by atoms with van der Waals surface area (Å²) in [6.07, 6.45) is 0. The molecule has 0 saturated heterocycles. The first-order valence-electron chi connectivity index (χ1n) is 4.35. The molecule has 0 spiro atoms. The quantitative estimate of drug-likeness (QED) is 0.396. The van der Waals surface area contributed by atoms with Crippen molar-refractivity contribution < 1.29 is 5.11 Å². The Kier molecular flexibility index (Phi) is 3.61. The molecular weight excluding hydrogens is 182 g/mol. The van der Waals surface area contributed by atoms with Gasteiger partial charge in [-0.25, -0.2) is 10.8 Å². The lowest BCUT2D eigenvalue weighted by molar-refractivity contribution is 0.281. The van der Waals surface area contributed by atoms with Crippen LogP contribution in [0.15, 0.2) is 6.07 Å². The monoisotopic (exact) mass is 197 g/mol. The molecule has 1 unspecified atom stereocenters. The van der Waals surface area contributed by atoms with Crippen LogP contribution in [0.5, 0.6) is 0 Å². The fourth-order valence-electron chi connectivity index (χ4n) is 1.01. The number of aromatic nitrogens is 2. The normalized spacial score (nSPS) is 12.3. The van der Waals surface area contributed by atoms with Gasteiger partial charge >= 0.3 is 0 Å². The Morgan fingerprint density at radius 3 is 2.86 bits per heavy atom. The number of nitrogen functional groups attached to an aromatic ring is 1. The van der Waals surface area contributed by atoms with Gasteiger partial charge in [0.25, 0.3) is 0 Å². The number of nitrogens with two attached hydrogens (primary N) is 1. The predicted octanol–water partition coefficient (Wildman–Crippen LogP) is -0.137. The minimum Gasteiger partial charge on any atom is -0.394 e. The van der Waals surface area contributed by atoms with E-state index in [9.17, 15) is 0 Å². The highest BCUT2D eigenvalue weighted by Gasteiger charge is 2.03. The third-order valence-corrected chi connectivity index (χ3v) is 1.65. The Hall–Kier alpha value is -1.40. The van der Waals surface area contributed by atoms with Gasteiger partial charge in [0, 0.05) is 17.8 Å². The van der Waals surface area contributed by atoms with E-state index in [4.69, 9.17) is 10.9 Å². The van der Waals surface area contributed by atoms with Gasteiger partial charge in [0.15, 0.2) is 0 Å². The van der Waals surface area contributed by atoms with E-state index in [1.807, 2.05) is 13.8 Å². The maximum absolute atomic E-state index is 8.85. The van der Waals surface area contributed by atoms with Gasteiger partial charge in [0.1, 0.15) is 5.82 Å². The molecule has 14 heavy (non-hydrogen) atoms. The van der Waals surface area contributed by atoms with Gasteiger partial charge in [-0.05, 0) is 13.8 Å². The summed E-state index contributed by atoms with van der Waals surface area (Å²) in [5.41, 5.74) is 3.18. The van der Waals surface area contributed by atoms with Crippen LogP contribution in [0.3, 0.4) is 0 Å². The molecule has 1 rings (SSSR count). The van der Waals surface area contributed by atoms with Crippen LogP contribution in [0.4, 0.5) is 11.8 Å². The summed E-state index contributed by atoms with van der Waals surface area (Å²) >= 11 is 0. The molecule has 0 aliphatic carbocycles. The molecule has 78 valence electrons. The average Bonchev–Trinajstić information content (AvgIpc) is 2.16. The van der Waals surface area contributed by atoms with Crippen LogP contribution in [0.25, 0.3) is 0 Å². The number of aliphatic hydroxyl groups is 1. The summed E-state index contributed by atoms with van der Waals surface area (Å²) in [4.78, 5) is 8.11. The van der Waals surface area contributed by atoms with Crippen molar-refractivity contribution in [2.24, 2.45) is 5.84 Å². The second kappa shape index (κ2) is 4.73. The molecule has 1 aromatic heterocycles. The zero-order valence-electron chi connectivity index (χ0n) is 8.28. The van der Waals surface area contributed by atoms with Gasteiger partial charge < -0.3 is 10.4 Å². The fourth-order valence-corrected chi connectivity index (χ4v) is 1.01. The van der Waals surface area contributed by atoms with Gasteiger partial charge in [0.2, 0.25) is 5.95 Å². The van der Waals surface area contributed by atoms with Crippen LogP contribution in [-0.2, 0) is 0 Å². The number of aryl methyl sites for hydroxylation is 1. The highest BCUT2D eigenvalue weighted by atomic mass is 16.3. The van der Waals surface area contributed by atoms with Crippen LogP contribution < -0.4 is 16.6 Å². The number of rotatable bonds is 4. The second-order valence-electron chi connectivity index (χ2n) is 3.09. The Morgan fingerprint density at radius 2 is 2.29 bits per heavy atom. The number of nitrogens with one attached hydrogen (secondary N) is 2. The SMILES string of the molecule is Cc1cc(NC(C)CO)nc(NN)n1. The highest BCUT2D eigenvalue weighted by Crippen LogP contribution is 2.09. The zero-order chi connectivity index (χ0) is 10.6. The number of anilines is 2. The van der Waals surface area contributed by atoms with Crippen molar-refractivity contribution in [3.05, 3.63) is 11.8 Å². The molecule has 0 saturated carbocycles. The predicted molar refractivity (Wildman–Crippen MR) is 54.7 cm³/mol. The maximum atomic E-state index is 8.85. The van der Waals surface area contributed by atoms with Crippen LogP contribution >= 0.6 is 0 Å². The number of nitrogens with zero attached hydrogens (tertiary/aromatic N) is 2. The standard InChI is InChI=1S/C8H15N5O/c1-5-3-7(10-6(2)4-14)12-8(11-5)13-9/h3,6,14H,4,9H2,1-2H3,(H2,10,11,12,13). The van der Waals surface area contributed by atoms with Crippen molar-refractivity contribution in [3.63, 3.8) is 0 Å². The van der Waals surface area contributed by atoms with Crippen molar-refractivity contribution in [1.82, 2.24) is 9.97 Å². The van der Waals surface area contributed by atoms with Crippen LogP contribution in [0, 0.1) is 6.92 Å². The van der Waals surface area contributed by atoms with E-state index in [0.717, 1.165) is 5.69 Å². The Labute approximate surface area is 82.5 Å². The molecule has 1 atom stereocenters.